The molecule has 0 bridgehead atoms. The lowest BCUT2D eigenvalue weighted by molar-refractivity contribution is -0.141. The van der Waals surface area contributed by atoms with Crippen LogP contribution in [0, 0.1) is 0 Å². The van der Waals surface area contributed by atoms with Crippen LogP contribution in [-0.4, -0.2) is 35.1 Å². The molecule has 0 aliphatic heterocycles. The standard InChI is InChI=1S/C29H32Cl2N2O2S/c1-2-3-17-32-29(35)27(20-22-10-6-4-7-11-22)33(21-23-14-15-25(30)26(31)19-23)28(34)16-18-36-24-12-8-5-9-13-24/h4-15,19,27H,2-3,16-18,20-21H2,1H3,(H,32,35). The van der Waals surface area contributed by atoms with Gasteiger partial charge in [-0.1, -0.05) is 91.1 Å². The van der Waals surface area contributed by atoms with E-state index in [0.29, 0.717) is 35.2 Å². The Labute approximate surface area is 228 Å². The third-order valence-corrected chi connectivity index (χ3v) is 7.52. The Morgan fingerprint density at radius 2 is 1.61 bits per heavy atom. The lowest BCUT2D eigenvalue weighted by Crippen LogP contribution is -2.50. The molecule has 3 aromatic carbocycles. The smallest absolute Gasteiger partial charge is 0.243 e. The molecule has 1 atom stereocenters. The van der Waals surface area contributed by atoms with Gasteiger partial charge in [-0.25, -0.2) is 0 Å². The Kier molecular flexibility index (Phi) is 11.7. The molecule has 0 saturated heterocycles. The Bertz CT molecular complexity index is 1110. The molecule has 1 unspecified atom stereocenters. The summed E-state index contributed by atoms with van der Waals surface area (Å²) in [6.07, 6.45) is 2.61. The maximum Gasteiger partial charge on any atom is 0.243 e. The van der Waals surface area contributed by atoms with Crippen LogP contribution in [-0.2, 0) is 22.6 Å². The predicted octanol–water partition coefficient (Wildman–Crippen LogP) is 7.03. The van der Waals surface area contributed by atoms with Crippen LogP contribution in [0.25, 0.3) is 0 Å². The summed E-state index contributed by atoms with van der Waals surface area (Å²) in [6, 6.07) is 24.5. The lowest BCUT2D eigenvalue weighted by Gasteiger charge is -2.31. The Morgan fingerprint density at radius 1 is 0.917 bits per heavy atom. The van der Waals surface area contributed by atoms with E-state index in [9.17, 15) is 9.59 Å². The number of thioether (sulfide) groups is 1. The van der Waals surface area contributed by atoms with Crippen molar-refractivity contribution >= 4 is 46.8 Å². The molecule has 7 heteroatoms. The Hall–Kier alpha value is -2.47. The van der Waals surface area contributed by atoms with Crippen LogP contribution in [0.15, 0.2) is 83.8 Å². The van der Waals surface area contributed by atoms with Crippen molar-refractivity contribution in [3.63, 3.8) is 0 Å². The van der Waals surface area contributed by atoms with Crippen molar-refractivity contribution in [3.8, 4) is 0 Å². The summed E-state index contributed by atoms with van der Waals surface area (Å²) in [5, 5.41) is 3.92. The summed E-state index contributed by atoms with van der Waals surface area (Å²) >= 11 is 14.0. The molecule has 0 aliphatic rings. The molecule has 0 heterocycles. The zero-order valence-electron chi connectivity index (χ0n) is 20.5. The van der Waals surface area contributed by atoms with Gasteiger partial charge in [-0.3, -0.25) is 9.59 Å². The van der Waals surface area contributed by atoms with Crippen molar-refractivity contribution in [1.82, 2.24) is 10.2 Å². The zero-order valence-corrected chi connectivity index (χ0v) is 22.8. The number of halogens is 2. The number of unbranched alkanes of at least 4 members (excludes halogenated alkanes) is 1. The van der Waals surface area contributed by atoms with Crippen molar-refractivity contribution in [1.29, 1.82) is 0 Å². The fourth-order valence-corrected chi connectivity index (χ4v) is 4.99. The molecule has 0 fully saturated rings. The summed E-state index contributed by atoms with van der Waals surface area (Å²) in [5.41, 5.74) is 1.83. The molecule has 190 valence electrons. The van der Waals surface area contributed by atoms with E-state index in [1.165, 1.54) is 0 Å². The number of nitrogens with one attached hydrogen (secondary N) is 1. The molecule has 3 rings (SSSR count). The summed E-state index contributed by atoms with van der Waals surface area (Å²) in [5.74, 6) is 0.406. The van der Waals surface area contributed by atoms with E-state index in [1.54, 1.807) is 28.8 Å². The molecule has 0 aromatic heterocycles. The van der Waals surface area contributed by atoms with Gasteiger partial charge < -0.3 is 10.2 Å². The summed E-state index contributed by atoms with van der Waals surface area (Å²) < 4.78 is 0. The van der Waals surface area contributed by atoms with Crippen LogP contribution >= 0.6 is 35.0 Å². The molecular weight excluding hydrogens is 511 g/mol. The van der Waals surface area contributed by atoms with Gasteiger partial charge in [-0.15, -0.1) is 11.8 Å². The van der Waals surface area contributed by atoms with Gasteiger partial charge in [0.05, 0.1) is 10.0 Å². The Balaban J connectivity index is 1.85. The van der Waals surface area contributed by atoms with Gasteiger partial charge in [-0.2, -0.15) is 0 Å². The molecule has 3 aromatic rings. The molecule has 0 saturated carbocycles. The van der Waals surface area contributed by atoms with Crippen LogP contribution < -0.4 is 5.32 Å². The highest BCUT2D eigenvalue weighted by molar-refractivity contribution is 7.99. The van der Waals surface area contributed by atoms with Gasteiger partial charge in [0.25, 0.3) is 0 Å². The molecule has 2 amide bonds. The summed E-state index contributed by atoms with van der Waals surface area (Å²) in [6.45, 7) is 2.93. The van der Waals surface area contributed by atoms with Crippen LogP contribution in [0.2, 0.25) is 10.0 Å². The fraction of sp³-hybridized carbons (Fsp3) is 0.310. The number of carbonyl (C=O) groups excluding carboxylic acids is 2. The van der Waals surface area contributed by atoms with Crippen molar-refractivity contribution in [3.05, 3.63) is 100 Å². The molecule has 0 aliphatic carbocycles. The predicted molar refractivity (Wildman–Crippen MR) is 151 cm³/mol. The van der Waals surface area contributed by atoms with E-state index in [2.05, 4.69) is 12.2 Å². The van der Waals surface area contributed by atoms with Crippen LogP contribution in [0.1, 0.15) is 37.3 Å². The second kappa shape index (κ2) is 14.9. The number of carbonyl (C=O) groups is 2. The van der Waals surface area contributed by atoms with E-state index in [0.717, 1.165) is 28.9 Å². The first kappa shape index (κ1) is 28.1. The summed E-state index contributed by atoms with van der Waals surface area (Å²) in [7, 11) is 0. The largest absolute Gasteiger partial charge is 0.354 e. The average molecular weight is 544 g/mol. The zero-order chi connectivity index (χ0) is 25.8. The van der Waals surface area contributed by atoms with Gasteiger partial charge in [0.15, 0.2) is 0 Å². The SMILES string of the molecule is CCCCNC(=O)C(Cc1ccccc1)N(Cc1ccc(Cl)c(Cl)c1)C(=O)CCSc1ccccc1. The third-order valence-electron chi connectivity index (χ3n) is 5.77. The van der Waals surface area contributed by atoms with E-state index >= 15 is 0 Å². The van der Waals surface area contributed by atoms with E-state index in [4.69, 9.17) is 23.2 Å². The first-order valence-electron chi connectivity index (χ1n) is 12.2. The van der Waals surface area contributed by atoms with E-state index in [-0.39, 0.29) is 18.4 Å². The maximum atomic E-state index is 13.6. The number of hydrogen-bond donors (Lipinski definition) is 1. The van der Waals surface area contributed by atoms with Crippen molar-refractivity contribution in [2.75, 3.05) is 12.3 Å². The fourth-order valence-electron chi connectivity index (χ4n) is 3.81. The topological polar surface area (TPSA) is 49.4 Å². The minimum atomic E-state index is -0.645. The molecule has 1 N–H and O–H groups in total. The summed E-state index contributed by atoms with van der Waals surface area (Å²) in [4.78, 5) is 29.9. The lowest BCUT2D eigenvalue weighted by atomic mass is 10.0. The highest BCUT2D eigenvalue weighted by Crippen LogP contribution is 2.25. The van der Waals surface area contributed by atoms with Crippen LogP contribution in [0.5, 0.6) is 0 Å². The van der Waals surface area contributed by atoms with E-state index in [1.807, 2.05) is 66.7 Å². The van der Waals surface area contributed by atoms with Crippen molar-refractivity contribution in [2.45, 2.75) is 50.1 Å². The minimum Gasteiger partial charge on any atom is -0.354 e. The van der Waals surface area contributed by atoms with Gasteiger partial charge in [0, 0.05) is 36.6 Å². The highest BCUT2D eigenvalue weighted by atomic mass is 35.5. The maximum absolute atomic E-state index is 13.6. The van der Waals surface area contributed by atoms with Gasteiger partial charge in [-0.05, 0) is 41.8 Å². The molecule has 36 heavy (non-hydrogen) atoms. The second-order valence-corrected chi connectivity index (χ2v) is 10.5. The highest BCUT2D eigenvalue weighted by Gasteiger charge is 2.30. The first-order chi connectivity index (χ1) is 17.5. The Morgan fingerprint density at radius 3 is 2.28 bits per heavy atom. The number of amides is 2. The quantitative estimate of drug-likeness (QED) is 0.186. The minimum absolute atomic E-state index is 0.0731. The molecule has 0 radical (unpaired) electrons. The number of hydrogen-bond acceptors (Lipinski definition) is 3. The van der Waals surface area contributed by atoms with Crippen molar-refractivity contribution in [2.24, 2.45) is 0 Å². The van der Waals surface area contributed by atoms with Crippen molar-refractivity contribution < 1.29 is 9.59 Å². The van der Waals surface area contributed by atoms with Gasteiger partial charge in [0.1, 0.15) is 6.04 Å². The normalized spacial score (nSPS) is 11.6. The van der Waals surface area contributed by atoms with E-state index < -0.39 is 6.04 Å². The molecule has 4 nitrogen and oxygen atoms in total. The van der Waals surface area contributed by atoms with Gasteiger partial charge in [0.2, 0.25) is 11.8 Å². The third kappa shape index (κ3) is 8.88. The van der Waals surface area contributed by atoms with Crippen LogP contribution in [0.4, 0.5) is 0 Å². The van der Waals surface area contributed by atoms with Crippen LogP contribution in [0.3, 0.4) is 0 Å². The molecule has 0 spiro atoms. The average Bonchev–Trinajstić information content (AvgIpc) is 2.89. The number of rotatable bonds is 13. The second-order valence-electron chi connectivity index (χ2n) is 8.53. The number of nitrogens with zero attached hydrogens (tertiary/aromatic N) is 1. The van der Waals surface area contributed by atoms with Gasteiger partial charge >= 0.3 is 0 Å². The molecular formula is C29H32Cl2N2O2S. The first-order valence-corrected chi connectivity index (χ1v) is 13.9. The monoisotopic (exact) mass is 542 g/mol. The number of benzene rings is 3.